The van der Waals surface area contributed by atoms with Gasteiger partial charge in [0.1, 0.15) is 11.6 Å². The number of imidazole rings is 2. The van der Waals surface area contributed by atoms with Crippen molar-refractivity contribution >= 4 is 65.5 Å². The molecule has 0 fully saturated rings. The van der Waals surface area contributed by atoms with Gasteiger partial charge in [-0.15, -0.1) is 0 Å². The van der Waals surface area contributed by atoms with Gasteiger partial charge in [-0.1, -0.05) is 27.7 Å². The number of aryl methyl sites for hydroxylation is 2. The van der Waals surface area contributed by atoms with Crippen LogP contribution in [0.3, 0.4) is 0 Å². The molecule has 22 heteroatoms. The van der Waals surface area contributed by atoms with Crippen LogP contribution in [0.25, 0.3) is 22.1 Å². The maximum atomic E-state index is 12.3. The zero-order valence-electron chi connectivity index (χ0n) is 38.6. The molecular weight excluding hydrogens is 889 g/mol. The minimum absolute atomic E-state index is 0.118. The summed E-state index contributed by atoms with van der Waals surface area (Å²) in [5, 5.41) is 24.6. The van der Waals surface area contributed by atoms with Crippen LogP contribution in [0.2, 0.25) is 0 Å². The topological polar surface area (TPSA) is 261 Å². The molecule has 2 aliphatic rings. The molecule has 0 spiro atoms. The summed E-state index contributed by atoms with van der Waals surface area (Å²) in [4.78, 5) is 56.3. The van der Waals surface area contributed by atoms with Gasteiger partial charge in [0.05, 0.1) is 79.7 Å². The predicted molar refractivity (Wildman–Crippen MR) is 248 cm³/mol. The summed E-state index contributed by atoms with van der Waals surface area (Å²) in [6.07, 6.45) is 5.36. The van der Waals surface area contributed by atoms with Crippen molar-refractivity contribution in [1.82, 2.24) is 49.7 Å². The lowest BCUT2D eigenvalue weighted by Crippen LogP contribution is -2.42. The smallest absolute Gasteiger partial charge is 0.254 e. The second kappa shape index (κ2) is 18.3. The maximum Gasteiger partial charge on any atom is 0.254 e. The van der Waals surface area contributed by atoms with E-state index >= 15 is 0 Å². The highest BCUT2D eigenvalue weighted by Gasteiger charge is 2.37. The Balaban J connectivity index is 0.000000196. The number of nitrogens with one attached hydrogen (secondary N) is 2. The van der Waals surface area contributed by atoms with Crippen LogP contribution in [0.5, 0.6) is 0 Å². The first kappa shape index (κ1) is 47.9. The van der Waals surface area contributed by atoms with Crippen LogP contribution >= 0.6 is 0 Å². The zero-order chi connectivity index (χ0) is 48.2. The first-order valence-electron chi connectivity index (χ1n) is 21.5. The minimum Gasteiger partial charge on any atom is -0.392 e. The molecule has 0 bridgehead atoms. The number of carbonyl (C=O) groups excluding carboxylic acids is 2. The van der Waals surface area contributed by atoms with E-state index in [2.05, 4.69) is 68.1 Å². The molecule has 0 radical (unpaired) electrons. The van der Waals surface area contributed by atoms with Gasteiger partial charge >= 0.3 is 0 Å². The summed E-state index contributed by atoms with van der Waals surface area (Å²) in [5.74, 6) is 2.44. The highest BCUT2D eigenvalue weighted by atomic mass is 32.2. The summed E-state index contributed by atoms with van der Waals surface area (Å²) in [6.45, 7) is 13.4. The van der Waals surface area contributed by atoms with Crippen molar-refractivity contribution in [2.24, 2.45) is 11.8 Å². The van der Waals surface area contributed by atoms with Crippen molar-refractivity contribution in [3.63, 3.8) is 0 Å². The van der Waals surface area contributed by atoms with E-state index in [1.807, 2.05) is 9.13 Å². The normalized spacial score (nSPS) is 16.3. The van der Waals surface area contributed by atoms with Gasteiger partial charge in [0, 0.05) is 65.2 Å². The molecule has 0 saturated carbocycles. The Kier molecular flexibility index (Phi) is 13.3. The molecule has 2 amide bonds. The summed E-state index contributed by atoms with van der Waals surface area (Å²) in [7, 11) is -3.88. The van der Waals surface area contributed by atoms with Crippen molar-refractivity contribution in [1.29, 1.82) is 0 Å². The van der Waals surface area contributed by atoms with E-state index in [1.54, 1.807) is 52.2 Å². The van der Waals surface area contributed by atoms with E-state index in [1.165, 1.54) is 12.4 Å². The molecule has 2 aromatic carbocycles. The summed E-state index contributed by atoms with van der Waals surface area (Å²) >= 11 is 0. The van der Waals surface area contributed by atoms with Crippen LogP contribution < -0.4 is 20.4 Å². The minimum atomic E-state index is -3.51. The molecular formula is C44H56N12O8S2. The zero-order valence-corrected chi connectivity index (χ0v) is 40.3. The molecule has 2 aliphatic heterocycles. The number of anilines is 2. The summed E-state index contributed by atoms with van der Waals surface area (Å²) in [5.41, 5.74) is 5.43. The van der Waals surface area contributed by atoms with Crippen LogP contribution in [-0.2, 0) is 46.0 Å². The maximum absolute atomic E-state index is 12.3. The van der Waals surface area contributed by atoms with E-state index in [-0.39, 0.29) is 58.7 Å². The number of hydrogen-bond acceptors (Lipinski definition) is 16. The van der Waals surface area contributed by atoms with Crippen molar-refractivity contribution in [3.8, 4) is 0 Å². The molecule has 0 unspecified atom stereocenters. The number of sulfone groups is 2. The molecule has 4 N–H and O–H groups in total. The summed E-state index contributed by atoms with van der Waals surface area (Å²) < 4.78 is 53.2. The van der Waals surface area contributed by atoms with Gasteiger partial charge in [-0.25, -0.2) is 46.7 Å². The Bertz CT molecular complexity index is 2900. The number of benzene rings is 2. The Morgan fingerprint density at radius 2 is 1.00 bits per heavy atom. The van der Waals surface area contributed by atoms with Crippen molar-refractivity contribution in [3.05, 3.63) is 81.9 Å². The Labute approximate surface area is 383 Å². The number of nitrogens with zero attached hydrogens (tertiary/aromatic N) is 10. The van der Waals surface area contributed by atoms with Gasteiger partial charge in [0.15, 0.2) is 19.7 Å². The fourth-order valence-corrected chi connectivity index (χ4v) is 10.8. The van der Waals surface area contributed by atoms with Crippen LogP contribution in [-0.4, -0.2) is 118 Å². The third kappa shape index (κ3) is 8.81. The van der Waals surface area contributed by atoms with Gasteiger partial charge in [-0.3, -0.25) is 9.59 Å². The van der Waals surface area contributed by atoms with Crippen LogP contribution in [0, 0.1) is 25.7 Å². The number of hydrogen-bond donors (Lipinski definition) is 4. The number of aromatic nitrogens is 8. The standard InChI is InChI=1S/2C22H28N6O4S/c2*1-12(2)19-20-26-16-8-14(11-29)18(33(5,31)32)9-17(16)27(20)6-7-28(19)22-24-10-15(13(3)25-22)21(30)23-4/h2*8-10,12,19,29H,6-7,11H2,1-5H3,(H,23,30)/t2*19-/m11/s1. The lowest BCUT2D eigenvalue weighted by molar-refractivity contribution is 0.0953. The Morgan fingerprint density at radius 3 is 1.29 bits per heavy atom. The molecule has 352 valence electrons. The number of fused-ring (bicyclic) bond motifs is 6. The number of amides is 2. The SMILES string of the molecule is CNC(=O)c1cnc(N2CCn3c(nc4cc(CO)c(S(C)(=O)=O)cc43)[C@H]2C(C)C)nc1C.CNC(=O)c1cnc(N2CCn3c(nc4cc(CO)c(S(C)(=O)=O)cc43)[C@H]2C(C)C)nc1C. The van der Waals surface area contributed by atoms with Crippen LogP contribution in [0.1, 0.15) is 94.7 Å². The third-order valence-electron chi connectivity index (χ3n) is 12.0. The molecule has 0 aliphatic carbocycles. The fourth-order valence-electron chi connectivity index (χ4n) is 8.93. The predicted octanol–water partition coefficient (Wildman–Crippen LogP) is 3.21. The highest BCUT2D eigenvalue weighted by molar-refractivity contribution is 7.91. The molecule has 6 aromatic rings. The van der Waals surface area contributed by atoms with E-state index < -0.39 is 19.7 Å². The molecule has 0 saturated heterocycles. The molecule has 4 aromatic heterocycles. The van der Waals surface area contributed by atoms with Gasteiger partial charge < -0.3 is 39.8 Å². The second-order valence-corrected chi connectivity index (χ2v) is 21.2. The molecule has 66 heavy (non-hydrogen) atoms. The van der Waals surface area contributed by atoms with E-state index in [9.17, 15) is 36.6 Å². The van der Waals surface area contributed by atoms with Crippen LogP contribution in [0.4, 0.5) is 11.9 Å². The van der Waals surface area contributed by atoms with Gasteiger partial charge in [-0.05, 0) is 61.1 Å². The van der Waals surface area contributed by atoms with E-state index in [0.717, 1.165) is 35.2 Å². The number of aliphatic hydroxyl groups excluding tert-OH is 2. The average molecular weight is 945 g/mol. The lowest BCUT2D eigenvalue weighted by atomic mass is 10.00. The van der Waals surface area contributed by atoms with Crippen molar-refractivity contribution in [2.45, 2.75) is 89.7 Å². The largest absolute Gasteiger partial charge is 0.392 e. The quantitative estimate of drug-likeness (QED) is 0.154. The fraction of sp³-hybridized carbons (Fsp3) is 0.455. The molecule has 2 atom stereocenters. The third-order valence-corrected chi connectivity index (χ3v) is 14.4. The molecule has 6 heterocycles. The van der Waals surface area contributed by atoms with Crippen LogP contribution in [0.15, 0.2) is 46.5 Å². The van der Waals surface area contributed by atoms with Crippen molar-refractivity contribution < 1.29 is 36.6 Å². The second-order valence-electron chi connectivity index (χ2n) is 17.3. The Morgan fingerprint density at radius 1 is 0.636 bits per heavy atom. The number of rotatable bonds is 10. The summed E-state index contributed by atoms with van der Waals surface area (Å²) in [6, 6.07) is 6.21. The van der Waals surface area contributed by atoms with Gasteiger partial charge in [0.2, 0.25) is 11.9 Å². The highest BCUT2D eigenvalue weighted by Crippen LogP contribution is 2.39. The number of carbonyl (C=O) groups is 2. The molecule has 20 nitrogen and oxygen atoms in total. The van der Waals surface area contributed by atoms with Crippen molar-refractivity contribution in [2.75, 3.05) is 49.5 Å². The Hall–Kier alpha value is -6.10. The first-order valence-corrected chi connectivity index (χ1v) is 25.2. The average Bonchev–Trinajstić information content (AvgIpc) is 3.83. The first-order chi connectivity index (χ1) is 31.1. The van der Waals surface area contributed by atoms with Gasteiger partial charge in [-0.2, -0.15) is 0 Å². The lowest BCUT2D eigenvalue weighted by Gasteiger charge is -2.38. The van der Waals surface area contributed by atoms with E-state index in [4.69, 9.17) is 9.97 Å². The molecule has 8 rings (SSSR count). The van der Waals surface area contributed by atoms with Gasteiger partial charge in [0.25, 0.3) is 11.8 Å². The monoisotopic (exact) mass is 944 g/mol. The van der Waals surface area contributed by atoms with E-state index in [0.29, 0.717) is 82.8 Å². The number of aliphatic hydroxyl groups is 2.